The summed E-state index contributed by atoms with van der Waals surface area (Å²) in [6.45, 7) is 2.30. The summed E-state index contributed by atoms with van der Waals surface area (Å²) in [5, 5.41) is 9.25. The van der Waals surface area contributed by atoms with Gasteiger partial charge in [-0.25, -0.2) is 4.79 Å². The molecule has 2 atom stereocenters. The first-order valence-electron chi connectivity index (χ1n) is 6.05. The standard InChI is InChI=1S/C12H17NO3/c1-11(10(15)16)3-2-6-13(11)9(14)8-7-12(8)4-5-12/h8H,2-7H2,1H3,(H,15,16). The predicted octanol–water partition coefficient (Wildman–Crippen LogP) is 1.25. The third kappa shape index (κ3) is 1.16. The summed E-state index contributed by atoms with van der Waals surface area (Å²) in [7, 11) is 0. The van der Waals surface area contributed by atoms with Crippen LogP contribution in [0, 0.1) is 11.3 Å². The lowest BCUT2D eigenvalue weighted by atomic mass is 9.99. The smallest absolute Gasteiger partial charge is 0.329 e. The Morgan fingerprint density at radius 2 is 2.00 bits per heavy atom. The lowest BCUT2D eigenvalue weighted by Crippen LogP contribution is -2.51. The van der Waals surface area contributed by atoms with Gasteiger partial charge in [-0.05, 0) is 44.4 Å². The summed E-state index contributed by atoms with van der Waals surface area (Å²) in [6.07, 6.45) is 4.74. The summed E-state index contributed by atoms with van der Waals surface area (Å²) >= 11 is 0. The highest BCUT2D eigenvalue weighted by atomic mass is 16.4. The first-order valence-corrected chi connectivity index (χ1v) is 6.05. The molecule has 1 heterocycles. The van der Waals surface area contributed by atoms with Gasteiger partial charge in [0.2, 0.25) is 5.91 Å². The molecule has 2 aliphatic carbocycles. The van der Waals surface area contributed by atoms with E-state index in [1.54, 1.807) is 11.8 Å². The number of carboxylic acid groups (broad SMARTS) is 1. The number of hydrogen-bond acceptors (Lipinski definition) is 2. The van der Waals surface area contributed by atoms with Crippen LogP contribution in [0.2, 0.25) is 0 Å². The molecular weight excluding hydrogens is 206 g/mol. The van der Waals surface area contributed by atoms with Gasteiger partial charge in [0.1, 0.15) is 5.54 Å². The average molecular weight is 223 g/mol. The molecule has 88 valence electrons. The predicted molar refractivity (Wildman–Crippen MR) is 56.8 cm³/mol. The molecule has 1 aliphatic heterocycles. The van der Waals surface area contributed by atoms with E-state index in [4.69, 9.17) is 0 Å². The van der Waals surface area contributed by atoms with Crippen molar-refractivity contribution in [2.45, 2.75) is 44.6 Å². The molecule has 4 nitrogen and oxygen atoms in total. The van der Waals surface area contributed by atoms with Crippen LogP contribution < -0.4 is 0 Å². The van der Waals surface area contributed by atoms with Crippen molar-refractivity contribution >= 4 is 11.9 Å². The maximum atomic E-state index is 12.2. The zero-order valence-corrected chi connectivity index (χ0v) is 9.53. The van der Waals surface area contributed by atoms with Crippen LogP contribution in [0.25, 0.3) is 0 Å². The number of likely N-dealkylation sites (tertiary alicyclic amines) is 1. The normalized spacial score (nSPS) is 38.8. The van der Waals surface area contributed by atoms with Gasteiger partial charge in [0, 0.05) is 12.5 Å². The lowest BCUT2D eigenvalue weighted by Gasteiger charge is -2.31. The molecule has 0 radical (unpaired) electrons. The van der Waals surface area contributed by atoms with Crippen LogP contribution >= 0.6 is 0 Å². The highest BCUT2D eigenvalue weighted by molar-refractivity contribution is 5.90. The van der Waals surface area contributed by atoms with Crippen molar-refractivity contribution < 1.29 is 14.7 Å². The van der Waals surface area contributed by atoms with E-state index in [9.17, 15) is 14.7 Å². The fraction of sp³-hybridized carbons (Fsp3) is 0.833. The molecule has 3 fully saturated rings. The zero-order chi connectivity index (χ0) is 11.6. The number of nitrogens with zero attached hydrogens (tertiary/aromatic N) is 1. The van der Waals surface area contributed by atoms with Crippen molar-refractivity contribution in [3.05, 3.63) is 0 Å². The Morgan fingerprint density at radius 1 is 1.31 bits per heavy atom. The third-order valence-electron chi connectivity index (χ3n) is 4.75. The van der Waals surface area contributed by atoms with Gasteiger partial charge in [-0.2, -0.15) is 0 Å². The van der Waals surface area contributed by atoms with E-state index in [2.05, 4.69) is 0 Å². The third-order valence-corrected chi connectivity index (χ3v) is 4.75. The van der Waals surface area contributed by atoms with Crippen LogP contribution in [0.3, 0.4) is 0 Å². The summed E-state index contributed by atoms with van der Waals surface area (Å²) in [6, 6.07) is 0. The Kier molecular flexibility index (Phi) is 1.76. The molecule has 0 aromatic heterocycles. The van der Waals surface area contributed by atoms with Crippen LogP contribution in [-0.2, 0) is 9.59 Å². The van der Waals surface area contributed by atoms with E-state index in [0.717, 1.165) is 12.8 Å². The minimum absolute atomic E-state index is 0.0971. The van der Waals surface area contributed by atoms with Crippen LogP contribution in [0.4, 0.5) is 0 Å². The first kappa shape index (κ1) is 10.1. The molecule has 1 N–H and O–H groups in total. The number of carboxylic acids is 1. The highest BCUT2D eigenvalue weighted by Gasteiger charge is 2.67. The summed E-state index contributed by atoms with van der Waals surface area (Å²) < 4.78 is 0. The number of rotatable bonds is 2. The molecule has 2 saturated carbocycles. The molecule has 3 aliphatic rings. The molecule has 1 amide bonds. The van der Waals surface area contributed by atoms with Gasteiger partial charge < -0.3 is 10.0 Å². The van der Waals surface area contributed by atoms with E-state index in [-0.39, 0.29) is 11.8 Å². The van der Waals surface area contributed by atoms with E-state index in [1.807, 2.05) is 0 Å². The van der Waals surface area contributed by atoms with Crippen molar-refractivity contribution in [3.8, 4) is 0 Å². The Balaban J connectivity index is 1.78. The molecule has 1 spiro atoms. The molecule has 0 aromatic carbocycles. The lowest BCUT2D eigenvalue weighted by molar-refractivity contribution is -0.156. The van der Waals surface area contributed by atoms with Gasteiger partial charge in [0.05, 0.1) is 0 Å². The first-order chi connectivity index (χ1) is 7.50. The molecule has 16 heavy (non-hydrogen) atoms. The maximum absolute atomic E-state index is 12.2. The molecule has 4 heteroatoms. The van der Waals surface area contributed by atoms with Crippen molar-refractivity contribution in [3.63, 3.8) is 0 Å². The second-order valence-corrected chi connectivity index (χ2v) is 5.79. The number of amides is 1. The Bertz CT molecular complexity index is 374. The Labute approximate surface area is 94.6 Å². The second kappa shape index (κ2) is 2.79. The Morgan fingerprint density at radius 3 is 2.50 bits per heavy atom. The van der Waals surface area contributed by atoms with Crippen LogP contribution in [0.1, 0.15) is 39.0 Å². The fourth-order valence-corrected chi connectivity index (χ4v) is 3.14. The van der Waals surface area contributed by atoms with Crippen molar-refractivity contribution in [2.24, 2.45) is 11.3 Å². The van der Waals surface area contributed by atoms with Gasteiger partial charge in [-0.1, -0.05) is 0 Å². The van der Waals surface area contributed by atoms with Gasteiger partial charge in [-0.15, -0.1) is 0 Å². The summed E-state index contributed by atoms with van der Waals surface area (Å²) in [5.74, 6) is -0.618. The van der Waals surface area contributed by atoms with Crippen molar-refractivity contribution in [1.29, 1.82) is 0 Å². The summed E-state index contributed by atoms with van der Waals surface area (Å²) in [4.78, 5) is 25.1. The highest BCUT2D eigenvalue weighted by Crippen LogP contribution is 2.71. The molecule has 1 saturated heterocycles. The van der Waals surface area contributed by atoms with Gasteiger partial charge in [0.15, 0.2) is 0 Å². The quantitative estimate of drug-likeness (QED) is 0.766. The minimum atomic E-state index is -0.949. The number of carbonyl (C=O) groups excluding carboxylic acids is 1. The van der Waals surface area contributed by atoms with E-state index in [0.29, 0.717) is 18.4 Å². The SMILES string of the molecule is CC1(C(=O)O)CCCN1C(=O)C1CC12CC2. The average Bonchev–Trinajstić information content (AvgIpc) is 3.12. The van der Waals surface area contributed by atoms with Crippen molar-refractivity contribution in [1.82, 2.24) is 4.90 Å². The van der Waals surface area contributed by atoms with Gasteiger partial charge in [0.25, 0.3) is 0 Å². The summed E-state index contributed by atoms with van der Waals surface area (Å²) in [5.41, 5.74) is -0.630. The fourth-order valence-electron chi connectivity index (χ4n) is 3.14. The van der Waals surface area contributed by atoms with Crippen LogP contribution in [0.15, 0.2) is 0 Å². The second-order valence-electron chi connectivity index (χ2n) is 5.79. The van der Waals surface area contributed by atoms with Crippen LogP contribution in [0.5, 0.6) is 0 Å². The topological polar surface area (TPSA) is 57.6 Å². The molecular formula is C12H17NO3. The van der Waals surface area contributed by atoms with Crippen molar-refractivity contribution in [2.75, 3.05) is 6.54 Å². The molecule has 0 aromatic rings. The largest absolute Gasteiger partial charge is 0.480 e. The van der Waals surface area contributed by atoms with E-state index < -0.39 is 11.5 Å². The Hall–Kier alpha value is -1.06. The number of aliphatic carboxylic acids is 1. The van der Waals surface area contributed by atoms with Crippen LogP contribution in [-0.4, -0.2) is 34.0 Å². The maximum Gasteiger partial charge on any atom is 0.329 e. The van der Waals surface area contributed by atoms with E-state index in [1.165, 1.54) is 12.8 Å². The van der Waals surface area contributed by atoms with Gasteiger partial charge >= 0.3 is 5.97 Å². The van der Waals surface area contributed by atoms with E-state index >= 15 is 0 Å². The minimum Gasteiger partial charge on any atom is -0.480 e. The van der Waals surface area contributed by atoms with Gasteiger partial charge in [-0.3, -0.25) is 4.79 Å². The molecule has 3 rings (SSSR count). The molecule has 2 unspecified atom stereocenters. The monoisotopic (exact) mass is 223 g/mol. The number of carbonyl (C=O) groups is 2. The number of hydrogen-bond donors (Lipinski definition) is 1. The zero-order valence-electron chi connectivity index (χ0n) is 9.53. The molecule has 0 bridgehead atoms.